The fourth-order valence-corrected chi connectivity index (χ4v) is 13.7. The molecule has 35 heteroatoms. The van der Waals surface area contributed by atoms with Gasteiger partial charge in [-0.25, -0.2) is 47.9 Å². The van der Waals surface area contributed by atoms with Crippen molar-refractivity contribution >= 4 is 107 Å². The number of cyclic esters (lactones) is 4. The molecule has 0 saturated heterocycles. The second-order valence-electron chi connectivity index (χ2n) is 29.1. The van der Waals surface area contributed by atoms with E-state index in [9.17, 15) is 86.3 Å². The number of carbonyl (C=O) groups is 18. The Bertz CT molecular complexity index is 5780. The van der Waals surface area contributed by atoms with E-state index in [0.717, 1.165) is 60.9 Å². The summed E-state index contributed by atoms with van der Waals surface area (Å²) >= 11 is 0. The van der Waals surface area contributed by atoms with Crippen molar-refractivity contribution in [2.75, 3.05) is 99.9 Å². The van der Waals surface area contributed by atoms with Crippen LogP contribution in [0.5, 0.6) is 0 Å². The molecule has 0 radical (unpaired) electrons. The van der Waals surface area contributed by atoms with Crippen LogP contribution < -0.4 is 0 Å². The zero-order valence-electron chi connectivity index (χ0n) is 71.4. The monoisotopic (exact) mass is 1790 g/mol. The van der Waals surface area contributed by atoms with E-state index in [1.807, 2.05) is 20.8 Å². The van der Waals surface area contributed by atoms with Gasteiger partial charge < -0.3 is 63.4 Å². The number of carbonyl (C=O) groups excluding carboxylic acids is 18. The van der Waals surface area contributed by atoms with Crippen molar-refractivity contribution in [2.24, 2.45) is 0 Å². The summed E-state index contributed by atoms with van der Waals surface area (Å²) in [5.41, 5.74) is 10.0. The highest BCUT2D eigenvalue weighted by atomic mass is 16.6. The van der Waals surface area contributed by atoms with Gasteiger partial charge in [0.1, 0.15) is 19.8 Å². The van der Waals surface area contributed by atoms with Crippen LogP contribution >= 0.6 is 0 Å². The number of nitrogens with zero attached hydrogens (tertiary/aromatic N) is 4. The van der Waals surface area contributed by atoms with E-state index in [1.54, 1.807) is 121 Å². The van der Waals surface area contributed by atoms with E-state index >= 15 is 0 Å². The largest absolute Gasteiger partial charge is 0.465 e. The Balaban J connectivity index is 0.000000175. The summed E-state index contributed by atoms with van der Waals surface area (Å²) in [5.74, 6) is -9.01. The maximum atomic E-state index is 13.1. The van der Waals surface area contributed by atoms with Gasteiger partial charge >= 0.3 is 59.7 Å². The van der Waals surface area contributed by atoms with Gasteiger partial charge in [0, 0.05) is 13.2 Å². The fraction of sp³-hybridized carbons (Fsp3) is 0.250. The predicted octanol–water partition coefficient (Wildman–Crippen LogP) is 8.29. The number of β-amino-alcohol motifs (C(OH)–C–C–N with tert-alkyl or cyclic N) is 2. The second kappa shape index (κ2) is 45.7. The molecule has 9 aromatic rings. The lowest BCUT2D eigenvalue weighted by atomic mass is 9.98. The molecule has 8 amide bonds. The number of aliphatic hydroxyl groups excluding tert-OH is 5. The number of fused-ring (bicyclic) bond motifs is 6. The Hall–Kier alpha value is -15.6. The quantitative estimate of drug-likeness (QED) is 0.0133. The van der Waals surface area contributed by atoms with Crippen LogP contribution in [-0.4, -0.2) is 252 Å². The van der Waals surface area contributed by atoms with Crippen LogP contribution in [0.2, 0.25) is 0 Å². The van der Waals surface area contributed by atoms with Crippen LogP contribution in [0.3, 0.4) is 0 Å². The molecule has 35 nitrogen and oxygen atoms in total. The maximum absolute atomic E-state index is 13.1. The Labute approximate surface area is 747 Å². The second-order valence-corrected chi connectivity index (χ2v) is 29.1. The Morgan fingerprint density at radius 3 is 0.725 bits per heavy atom. The van der Waals surface area contributed by atoms with Crippen molar-refractivity contribution in [3.8, 4) is 0 Å². The van der Waals surface area contributed by atoms with Crippen LogP contribution in [0.1, 0.15) is 260 Å². The van der Waals surface area contributed by atoms with E-state index < -0.39 is 89.2 Å². The number of esters is 10. The molecule has 5 N–H and O–H groups in total. The molecule has 9 aromatic carbocycles. The molecule has 0 fully saturated rings. The molecule has 0 aliphatic carbocycles. The first-order chi connectivity index (χ1) is 63.0. The first-order valence-corrected chi connectivity index (χ1v) is 41.0. The fourth-order valence-electron chi connectivity index (χ4n) is 13.7. The SMILES string of the molecule is CCCN1C(=O)c2ccc(Cc3ccc4c(c3)C(=O)N(CCOC(=O)c3ccc(C(=O)OC)cc3)C4=O)cc2C1=O.CCCO.CCCOC(=O)c1ccc(C(=O)OC)cc1.O=C(OCCO)c1ccc(C(=O)OCCO)cc1.O=C1OC(=O)c2cc(Cc3ccc4c(c3)C(=O)OC4=O)ccc21.O=C1c2ccc(Cc3ccc4c(c3)C(=O)N(CCO)C4=O)cc2C(=O)N1CCO. The minimum atomic E-state index is -0.660. The van der Waals surface area contributed by atoms with E-state index in [-0.39, 0.29) is 139 Å². The molecule has 15 rings (SSSR count). The average molecular weight is 1790 g/mol. The van der Waals surface area contributed by atoms with Gasteiger partial charge in [0.25, 0.3) is 47.3 Å². The smallest absolute Gasteiger partial charge is 0.346 e. The topological polar surface area (TPSA) is 495 Å². The van der Waals surface area contributed by atoms with Gasteiger partial charge in [-0.1, -0.05) is 57.2 Å². The van der Waals surface area contributed by atoms with Crippen LogP contribution in [0, 0.1) is 0 Å². The lowest BCUT2D eigenvalue weighted by molar-refractivity contribution is 0.0420. The highest BCUT2D eigenvalue weighted by molar-refractivity contribution is 6.24. The molecule has 678 valence electrons. The summed E-state index contributed by atoms with van der Waals surface area (Å²) in [4.78, 5) is 220. The number of hydrogen-bond acceptors (Lipinski definition) is 31. The molecule has 0 unspecified atom stereocenters. The van der Waals surface area contributed by atoms with Gasteiger partial charge in [-0.15, -0.1) is 0 Å². The number of methoxy groups -OCH3 is 2. The summed E-state index contributed by atoms with van der Waals surface area (Å²) < 4.78 is 37.9. The molecule has 0 aromatic heterocycles. The van der Waals surface area contributed by atoms with Crippen LogP contribution in [0.25, 0.3) is 0 Å². The van der Waals surface area contributed by atoms with Crippen molar-refractivity contribution in [2.45, 2.75) is 59.3 Å². The van der Waals surface area contributed by atoms with E-state index in [0.29, 0.717) is 89.9 Å². The number of benzene rings is 9. The van der Waals surface area contributed by atoms with Crippen molar-refractivity contribution < 1.29 is 150 Å². The van der Waals surface area contributed by atoms with Crippen LogP contribution in [0.4, 0.5) is 0 Å². The molecule has 0 saturated carbocycles. The van der Waals surface area contributed by atoms with Crippen molar-refractivity contribution in [1.82, 2.24) is 19.6 Å². The molecule has 0 spiro atoms. The van der Waals surface area contributed by atoms with Crippen molar-refractivity contribution in [3.05, 3.63) is 316 Å². The average Bonchev–Trinajstić information content (AvgIpc) is 1.62. The van der Waals surface area contributed by atoms with Gasteiger partial charge in [-0.05, 0) is 217 Å². The molecule has 6 aliphatic rings. The summed E-state index contributed by atoms with van der Waals surface area (Å²) in [7, 11) is 2.57. The lowest BCUT2D eigenvalue weighted by Gasteiger charge is -2.13. The number of hydrogen-bond donors (Lipinski definition) is 5. The van der Waals surface area contributed by atoms with Crippen LogP contribution in [-0.2, 0) is 57.2 Å². The zero-order chi connectivity index (χ0) is 94.9. The molecular weight excluding hydrogens is 1710 g/mol. The molecular formula is C96H88N4O31. The first kappa shape index (κ1) is 97.6. The number of ether oxygens (including phenoxy) is 8. The molecule has 0 bridgehead atoms. The third-order valence-corrected chi connectivity index (χ3v) is 20.2. The highest BCUT2D eigenvalue weighted by Gasteiger charge is 2.40. The minimum absolute atomic E-state index is 0.0486. The Morgan fingerprint density at radius 2 is 0.473 bits per heavy atom. The molecule has 0 atom stereocenters. The Kier molecular flexibility index (Phi) is 34.1. The normalized spacial score (nSPS) is 13.2. The van der Waals surface area contributed by atoms with Gasteiger partial charge in [0.2, 0.25) is 0 Å². The van der Waals surface area contributed by atoms with Crippen LogP contribution in [0.15, 0.2) is 182 Å². The van der Waals surface area contributed by atoms with Gasteiger partial charge in [0.05, 0.1) is 167 Å². The third kappa shape index (κ3) is 23.4. The predicted molar refractivity (Wildman–Crippen MR) is 457 cm³/mol. The highest BCUT2D eigenvalue weighted by Crippen LogP contribution is 2.32. The third-order valence-electron chi connectivity index (χ3n) is 20.2. The number of imide groups is 4. The lowest BCUT2D eigenvalue weighted by Crippen LogP contribution is -2.33. The standard InChI is InChI=1S/C31H26N2O8.C21H18N2O6.C17H8O6.C12H14O6.C12H14O4.C3H8O/c1-3-12-32-26(34)22-10-4-18(16-24(22)28(32)36)15-19-5-11-23-25(17-19)29(37)33(27(23)35)13-14-41-31(39)21-8-6-20(7-9-21)30(38)40-2;24-7-5-22-18(26)14-3-1-12(10-16(14)20(22)28)9-13-2-4-15-17(11-13)21(29)23(6-8-25)19(15)27;18-14-10-3-1-8(6-12(10)16(20)22-14)5-9-2-4-11-13(7-9)17(21)23-15(11)19;13-5-7-17-11(15)9-1-2-10(4-3-9)12(16)18-8-6-14;1-3-8-16-12(14)10-6-4-9(5-7-10)11(13)15-2;1-2-3-4/h4-11,16-17H,3,12-15H2,1-2H3;1-4,10-11,24-25H,5-9H2;1-4,6-7H,5H2;1-4,13-14H,5-8H2;4-7H,3,8H2,1-2H3;4H,2-3H2,1H3. The minimum Gasteiger partial charge on any atom is -0.465 e. The molecule has 131 heavy (non-hydrogen) atoms. The number of aliphatic hydroxyl groups is 5. The summed E-state index contributed by atoms with van der Waals surface area (Å²) in [6, 6.07) is 47.4. The number of rotatable bonds is 28. The molecule has 6 heterocycles. The zero-order valence-corrected chi connectivity index (χ0v) is 71.4. The van der Waals surface area contributed by atoms with E-state index in [4.69, 9.17) is 44.5 Å². The van der Waals surface area contributed by atoms with Gasteiger partial charge in [0.15, 0.2) is 0 Å². The summed E-state index contributed by atoms with van der Waals surface area (Å²) in [5, 5.41) is 43.0. The molecule has 6 aliphatic heterocycles. The van der Waals surface area contributed by atoms with E-state index in [2.05, 4.69) is 18.9 Å². The summed E-state index contributed by atoms with van der Waals surface area (Å²) in [6.45, 7) is 5.20. The van der Waals surface area contributed by atoms with E-state index in [1.165, 1.54) is 79.8 Å². The number of amides is 8. The van der Waals surface area contributed by atoms with Gasteiger partial charge in [-0.3, -0.25) is 58.0 Å². The van der Waals surface area contributed by atoms with Crippen molar-refractivity contribution in [1.29, 1.82) is 0 Å². The van der Waals surface area contributed by atoms with Crippen molar-refractivity contribution in [3.63, 3.8) is 0 Å². The van der Waals surface area contributed by atoms with Gasteiger partial charge in [-0.2, -0.15) is 0 Å². The Morgan fingerprint density at radius 1 is 0.244 bits per heavy atom. The first-order valence-electron chi connectivity index (χ1n) is 41.0. The maximum Gasteiger partial charge on any atom is 0.346 e. The summed E-state index contributed by atoms with van der Waals surface area (Å²) in [6.07, 6.45) is 3.56.